The van der Waals surface area contributed by atoms with Gasteiger partial charge >= 0.3 is 5.97 Å². The standard InChI is InChI=1S/C26H27N3O3S/c1-4-22(26(30)32-6-3)33-25-23-21(18-10-8-7-9-11-18)16-29(24(23)27-17-28-25)19-12-14-20(15-13-19)31-5-2/h7-17,22H,4-6H2,1-3H3/t22-/m0/s1. The Morgan fingerprint density at radius 3 is 2.42 bits per heavy atom. The number of aromatic nitrogens is 3. The predicted octanol–water partition coefficient (Wildman–Crippen LogP) is 5.92. The van der Waals surface area contributed by atoms with Crippen LogP contribution >= 0.6 is 11.8 Å². The fraction of sp³-hybridized carbons (Fsp3) is 0.269. The highest BCUT2D eigenvalue weighted by Gasteiger charge is 2.24. The topological polar surface area (TPSA) is 66.2 Å². The molecule has 170 valence electrons. The molecule has 0 radical (unpaired) electrons. The minimum Gasteiger partial charge on any atom is -0.494 e. The molecular weight excluding hydrogens is 434 g/mol. The molecule has 0 amide bonds. The zero-order chi connectivity index (χ0) is 23.2. The quantitative estimate of drug-likeness (QED) is 0.175. The molecule has 33 heavy (non-hydrogen) atoms. The van der Waals surface area contributed by atoms with Gasteiger partial charge in [0, 0.05) is 17.4 Å². The van der Waals surface area contributed by atoms with Gasteiger partial charge in [-0.2, -0.15) is 0 Å². The van der Waals surface area contributed by atoms with Crippen molar-refractivity contribution in [3.05, 3.63) is 67.1 Å². The second kappa shape index (κ2) is 10.5. The molecule has 1 atom stereocenters. The molecule has 0 aliphatic heterocycles. The van der Waals surface area contributed by atoms with Crippen LogP contribution in [0.4, 0.5) is 0 Å². The Balaban J connectivity index is 1.86. The highest BCUT2D eigenvalue weighted by molar-refractivity contribution is 8.00. The number of carbonyl (C=O) groups excluding carboxylic acids is 1. The molecule has 0 unspecified atom stereocenters. The van der Waals surface area contributed by atoms with E-state index in [4.69, 9.17) is 9.47 Å². The fourth-order valence-corrected chi connectivity index (χ4v) is 4.72. The number of rotatable bonds is 9. The lowest BCUT2D eigenvalue weighted by Crippen LogP contribution is -2.19. The summed E-state index contributed by atoms with van der Waals surface area (Å²) in [5, 5.41) is 1.36. The molecule has 4 rings (SSSR count). The van der Waals surface area contributed by atoms with Crippen molar-refractivity contribution in [2.75, 3.05) is 13.2 Å². The zero-order valence-corrected chi connectivity index (χ0v) is 19.8. The second-order valence-electron chi connectivity index (χ2n) is 7.35. The average molecular weight is 462 g/mol. The van der Waals surface area contributed by atoms with Gasteiger partial charge in [-0.15, -0.1) is 0 Å². The maximum absolute atomic E-state index is 12.5. The van der Waals surface area contributed by atoms with E-state index in [1.54, 1.807) is 6.33 Å². The number of thioether (sulfide) groups is 1. The van der Waals surface area contributed by atoms with E-state index < -0.39 is 0 Å². The minimum atomic E-state index is -0.333. The first-order chi connectivity index (χ1) is 16.2. The number of ether oxygens (including phenoxy) is 2. The first kappa shape index (κ1) is 22.9. The van der Waals surface area contributed by atoms with Gasteiger partial charge in [0.25, 0.3) is 0 Å². The Kier molecular flexibility index (Phi) is 7.29. The van der Waals surface area contributed by atoms with E-state index in [1.165, 1.54) is 11.8 Å². The van der Waals surface area contributed by atoms with Crippen molar-refractivity contribution >= 4 is 28.8 Å². The van der Waals surface area contributed by atoms with Crippen molar-refractivity contribution in [3.8, 4) is 22.6 Å². The minimum absolute atomic E-state index is 0.219. The van der Waals surface area contributed by atoms with E-state index in [0.717, 1.165) is 38.6 Å². The molecule has 0 N–H and O–H groups in total. The van der Waals surface area contributed by atoms with Crippen molar-refractivity contribution < 1.29 is 14.3 Å². The van der Waals surface area contributed by atoms with Crippen LogP contribution in [0.1, 0.15) is 27.2 Å². The van der Waals surface area contributed by atoms with Gasteiger partial charge in [0.2, 0.25) is 0 Å². The summed E-state index contributed by atoms with van der Waals surface area (Å²) in [6.45, 7) is 6.75. The van der Waals surface area contributed by atoms with Crippen LogP contribution in [0.25, 0.3) is 27.8 Å². The highest BCUT2D eigenvalue weighted by Crippen LogP contribution is 2.38. The lowest BCUT2D eigenvalue weighted by molar-refractivity contribution is -0.142. The monoisotopic (exact) mass is 461 g/mol. The SMILES string of the molecule is CCOC(=O)[C@H](CC)Sc1ncnc2c1c(-c1ccccc1)cn2-c1ccc(OCC)cc1. The molecule has 0 bridgehead atoms. The van der Waals surface area contributed by atoms with Crippen molar-refractivity contribution in [1.82, 2.24) is 14.5 Å². The molecule has 2 aromatic heterocycles. The van der Waals surface area contributed by atoms with Crippen molar-refractivity contribution in [1.29, 1.82) is 0 Å². The summed E-state index contributed by atoms with van der Waals surface area (Å²) < 4.78 is 12.9. The Hall–Kier alpha value is -3.32. The fourth-order valence-electron chi connectivity index (χ4n) is 3.69. The van der Waals surface area contributed by atoms with Gasteiger partial charge in [-0.25, -0.2) is 9.97 Å². The number of hydrogen-bond acceptors (Lipinski definition) is 6. The van der Waals surface area contributed by atoms with Crippen LogP contribution in [0.2, 0.25) is 0 Å². The molecule has 0 aliphatic carbocycles. The third-order valence-corrected chi connectivity index (χ3v) is 6.58. The number of fused-ring (bicyclic) bond motifs is 1. The third kappa shape index (κ3) is 4.88. The second-order valence-corrected chi connectivity index (χ2v) is 8.54. The van der Waals surface area contributed by atoms with E-state index in [2.05, 4.69) is 32.9 Å². The summed E-state index contributed by atoms with van der Waals surface area (Å²) in [5.74, 6) is 0.607. The van der Waals surface area contributed by atoms with Crippen LogP contribution in [-0.4, -0.2) is 39.0 Å². The van der Waals surface area contributed by atoms with Gasteiger partial charge in [0.1, 0.15) is 28.0 Å². The maximum atomic E-state index is 12.5. The lowest BCUT2D eigenvalue weighted by Gasteiger charge is -2.13. The normalized spacial score (nSPS) is 12.0. The summed E-state index contributed by atoms with van der Waals surface area (Å²) >= 11 is 1.43. The number of carbonyl (C=O) groups is 1. The summed E-state index contributed by atoms with van der Waals surface area (Å²) in [6.07, 6.45) is 4.29. The molecule has 0 saturated heterocycles. The molecule has 6 nitrogen and oxygen atoms in total. The average Bonchev–Trinajstić information content (AvgIpc) is 3.24. The van der Waals surface area contributed by atoms with Crippen molar-refractivity contribution in [2.45, 2.75) is 37.5 Å². The van der Waals surface area contributed by atoms with Crippen LogP contribution in [0.5, 0.6) is 5.75 Å². The Labute approximate surface area is 198 Å². The molecule has 2 aromatic carbocycles. The molecule has 0 saturated carbocycles. The Bertz CT molecular complexity index is 1220. The number of esters is 1. The highest BCUT2D eigenvalue weighted by atomic mass is 32.2. The summed E-state index contributed by atoms with van der Waals surface area (Å²) in [7, 11) is 0. The predicted molar refractivity (Wildman–Crippen MR) is 132 cm³/mol. The van der Waals surface area contributed by atoms with Crippen LogP contribution in [0.15, 0.2) is 72.1 Å². The number of benzene rings is 2. The largest absolute Gasteiger partial charge is 0.494 e. The molecular formula is C26H27N3O3S. The first-order valence-electron chi connectivity index (χ1n) is 11.1. The molecule has 0 aliphatic rings. The van der Waals surface area contributed by atoms with Crippen LogP contribution in [-0.2, 0) is 9.53 Å². The van der Waals surface area contributed by atoms with Crippen LogP contribution < -0.4 is 4.74 Å². The molecule has 0 fully saturated rings. The summed E-state index contributed by atoms with van der Waals surface area (Å²) in [5.41, 5.74) is 3.83. The Morgan fingerprint density at radius 2 is 1.76 bits per heavy atom. The van der Waals surface area contributed by atoms with Gasteiger partial charge < -0.3 is 14.0 Å². The van der Waals surface area contributed by atoms with E-state index in [1.807, 2.05) is 63.2 Å². The molecule has 7 heteroatoms. The maximum Gasteiger partial charge on any atom is 0.319 e. The summed E-state index contributed by atoms with van der Waals surface area (Å²) in [4.78, 5) is 21.7. The van der Waals surface area contributed by atoms with Crippen molar-refractivity contribution in [3.63, 3.8) is 0 Å². The third-order valence-electron chi connectivity index (χ3n) is 5.23. The summed E-state index contributed by atoms with van der Waals surface area (Å²) in [6, 6.07) is 18.1. The van der Waals surface area contributed by atoms with Crippen molar-refractivity contribution in [2.24, 2.45) is 0 Å². The smallest absolute Gasteiger partial charge is 0.319 e. The molecule has 4 aromatic rings. The number of nitrogens with zero attached hydrogens (tertiary/aromatic N) is 3. The van der Waals surface area contributed by atoms with E-state index >= 15 is 0 Å². The van der Waals surface area contributed by atoms with Gasteiger partial charge in [-0.3, -0.25) is 4.79 Å². The van der Waals surface area contributed by atoms with Crippen LogP contribution in [0.3, 0.4) is 0 Å². The lowest BCUT2D eigenvalue weighted by atomic mass is 10.1. The van der Waals surface area contributed by atoms with Gasteiger partial charge in [-0.05, 0) is 50.1 Å². The van der Waals surface area contributed by atoms with Crippen LogP contribution in [0, 0.1) is 0 Å². The Morgan fingerprint density at radius 1 is 1.00 bits per heavy atom. The molecule has 0 spiro atoms. The van der Waals surface area contributed by atoms with Gasteiger partial charge in [0.15, 0.2) is 0 Å². The number of hydrogen-bond donors (Lipinski definition) is 0. The first-order valence-corrected chi connectivity index (χ1v) is 12.0. The van der Waals surface area contributed by atoms with E-state index in [9.17, 15) is 4.79 Å². The van der Waals surface area contributed by atoms with Gasteiger partial charge in [-0.1, -0.05) is 49.0 Å². The molecule has 2 heterocycles. The van der Waals surface area contributed by atoms with Gasteiger partial charge in [0.05, 0.1) is 18.6 Å². The van der Waals surface area contributed by atoms with E-state index in [0.29, 0.717) is 19.6 Å². The van der Waals surface area contributed by atoms with E-state index in [-0.39, 0.29) is 11.2 Å². The zero-order valence-electron chi connectivity index (χ0n) is 19.0.